The first-order valence-corrected chi connectivity index (χ1v) is 4.66. The van der Waals surface area contributed by atoms with Gasteiger partial charge in [0.2, 0.25) is 5.91 Å². The van der Waals surface area contributed by atoms with Crippen molar-refractivity contribution in [3.05, 3.63) is 0 Å². The second-order valence-electron chi connectivity index (χ2n) is 3.21. The fourth-order valence-corrected chi connectivity index (χ4v) is 0.727. The molecule has 0 aliphatic rings. The Morgan fingerprint density at radius 2 is 2.15 bits per heavy atom. The van der Waals surface area contributed by atoms with Crippen LogP contribution in [-0.4, -0.2) is 51.2 Å². The molecule has 0 spiro atoms. The normalized spacial score (nSPS) is 10.5. The minimum absolute atomic E-state index is 0.0272. The number of carbonyl (C=O) groups excluding carboxylic acids is 1. The average Bonchev–Trinajstić information content (AvgIpc) is 2.08. The Morgan fingerprint density at radius 3 is 2.69 bits per heavy atom. The highest BCUT2D eigenvalue weighted by Gasteiger charge is 1.99. The molecule has 0 fully saturated rings. The highest BCUT2D eigenvalue weighted by atomic mass is 16.5. The summed E-state index contributed by atoms with van der Waals surface area (Å²) in [7, 11) is 3.95. The molecule has 0 aromatic heterocycles. The molecule has 0 saturated carbocycles. The van der Waals surface area contributed by atoms with Crippen molar-refractivity contribution in [1.29, 1.82) is 0 Å². The van der Waals surface area contributed by atoms with Gasteiger partial charge in [-0.2, -0.15) is 0 Å². The summed E-state index contributed by atoms with van der Waals surface area (Å²) < 4.78 is 5.15. The number of amides is 1. The SMILES string of the molecule is CCCNC(=O)COCCN(C)C. The third kappa shape index (κ3) is 9.30. The molecular weight excluding hydrogens is 168 g/mol. The van der Waals surface area contributed by atoms with E-state index >= 15 is 0 Å². The molecule has 1 N–H and O–H groups in total. The van der Waals surface area contributed by atoms with Crippen molar-refractivity contribution >= 4 is 5.91 Å². The summed E-state index contributed by atoms with van der Waals surface area (Å²) in [6.07, 6.45) is 0.962. The van der Waals surface area contributed by atoms with Gasteiger partial charge >= 0.3 is 0 Å². The fraction of sp³-hybridized carbons (Fsp3) is 0.889. The second kappa shape index (κ2) is 8.01. The largest absolute Gasteiger partial charge is 0.370 e. The van der Waals surface area contributed by atoms with Gasteiger partial charge in [0, 0.05) is 13.1 Å². The van der Waals surface area contributed by atoms with E-state index in [0.29, 0.717) is 6.61 Å². The molecule has 0 rings (SSSR count). The number of nitrogens with one attached hydrogen (secondary N) is 1. The van der Waals surface area contributed by atoms with Crippen LogP contribution < -0.4 is 5.32 Å². The Kier molecular flexibility index (Phi) is 7.63. The smallest absolute Gasteiger partial charge is 0.245 e. The summed E-state index contributed by atoms with van der Waals surface area (Å²) >= 11 is 0. The molecule has 4 heteroatoms. The van der Waals surface area contributed by atoms with Gasteiger partial charge in [-0.25, -0.2) is 0 Å². The Bertz CT molecular complexity index is 138. The third-order valence-electron chi connectivity index (χ3n) is 1.49. The maximum atomic E-state index is 11.0. The van der Waals surface area contributed by atoms with Gasteiger partial charge in [0.25, 0.3) is 0 Å². The van der Waals surface area contributed by atoms with Gasteiger partial charge in [-0.05, 0) is 20.5 Å². The first-order chi connectivity index (χ1) is 6.16. The van der Waals surface area contributed by atoms with Crippen molar-refractivity contribution in [3.8, 4) is 0 Å². The maximum Gasteiger partial charge on any atom is 0.245 e. The molecule has 0 heterocycles. The van der Waals surface area contributed by atoms with Crippen LogP contribution in [0.5, 0.6) is 0 Å². The molecule has 1 amide bonds. The topological polar surface area (TPSA) is 41.6 Å². The minimum Gasteiger partial charge on any atom is -0.370 e. The Labute approximate surface area is 80.2 Å². The van der Waals surface area contributed by atoms with E-state index in [1.165, 1.54) is 0 Å². The molecule has 78 valence electrons. The van der Waals surface area contributed by atoms with Gasteiger partial charge in [-0.15, -0.1) is 0 Å². The molecule has 0 aromatic carbocycles. The van der Waals surface area contributed by atoms with E-state index in [1.54, 1.807) is 0 Å². The highest BCUT2D eigenvalue weighted by Crippen LogP contribution is 1.79. The number of hydrogen-bond acceptors (Lipinski definition) is 3. The number of likely N-dealkylation sites (N-methyl/N-ethyl adjacent to an activating group) is 1. The molecule has 0 aliphatic carbocycles. The van der Waals surface area contributed by atoms with Crippen molar-refractivity contribution in [2.24, 2.45) is 0 Å². The number of ether oxygens (including phenoxy) is 1. The first-order valence-electron chi connectivity index (χ1n) is 4.66. The number of nitrogens with zero attached hydrogens (tertiary/aromatic N) is 1. The van der Waals surface area contributed by atoms with E-state index in [1.807, 2.05) is 25.9 Å². The molecule has 0 aliphatic heterocycles. The molecule has 0 unspecified atom stereocenters. The molecule has 0 bridgehead atoms. The van der Waals surface area contributed by atoms with Crippen molar-refractivity contribution in [3.63, 3.8) is 0 Å². The van der Waals surface area contributed by atoms with Crippen LogP contribution in [0.3, 0.4) is 0 Å². The van der Waals surface area contributed by atoms with E-state index in [9.17, 15) is 4.79 Å². The van der Waals surface area contributed by atoms with Gasteiger partial charge in [-0.3, -0.25) is 4.79 Å². The fourth-order valence-electron chi connectivity index (χ4n) is 0.727. The minimum atomic E-state index is -0.0272. The Hall–Kier alpha value is -0.610. The highest BCUT2D eigenvalue weighted by molar-refractivity contribution is 5.77. The zero-order valence-corrected chi connectivity index (χ0v) is 8.80. The summed E-state index contributed by atoms with van der Waals surface area (Å²) in [5.74, 6) is -0.0272. The van der Waals surface area contributed by atoms with Crippen LogP contribution in [0.25, 0.3) is 0 Å². The van der Waals surface area contributed by atoms with Crippen molar-refractivity contribution in [1.82, 2.24) is 10.2 Å². The summed E-state index contributed by atoms with van der Waals surface area (Å²) in [6.45, 7) is 4.38. The first kappa shape index (κ1) is 12.4. The van der Waals surface area contributed by atoms with Gasteiger partial charge in [-0.1, -0.05) is 6.92 Å². The second-order valence-corrected chi connectivity index (χ2v) is 3.21. The van der Waals surface area contributed by atoms with Crippen LogP contribution >= 0.6 is 0 Å². The summed E-state index contributed by atoms with van der Waals surface area (Å²) in [5.41, 5.74) is 0. The average molecular weight is 188 g/mol. The lowest BCUT2D eigenvalue weighted by Gasteiger charge is -2.09. The van der Waals surface area contributed by atoms with Crippen LogP contribution in [0.4, 0.5) is 0 Å². The van der Waals surface area contributed by atoms with Crippen LogP contribution in [0.2, 0.25) is 0 Å². The van der Waals surface area contributed by atoms with Crippen LogP contribution in [-0.2, 0) is 9.53 Å². The van der Waals surface area contributed by atoms with E-state index < -0.39 is 0 Å². The maximum absolute atomic E-state index is 11.0. The molecule has 0 atom stereocenters. The summed E-state index contributed by atoms with van der Waals surface area (Å²) in [4.78, 5) is 13.0. The number of rotatable bonds is 7. The molecule has 0 aromatic rings. The standard InChI is InChI=1S/C9H20N2O2/c1-4-5-10-9(12)8-13-7-6-11(2)3/h4-8H2,1-3H3,(H,10,12). The van der Waals surface area contributed by atoms with Crippen molar-refractivity contribution < 1.29 is 9.53 Å². The lowest BCUT2D eigenvalue weighted by Crippen LogP contribution is -2.29. The quantitative estimate of drug-likeness (QED) is 0.576. The molecular formula is C9H20N2O2. The lowest BCUT2D eigenvalue weighted by atomic mass is 10.5. The van der Waals surface area contributed by atoms with E-state index in [4.69, 9.17) is 4.74 Å². The predicted octanol–water partition coefficient (Wildman–Crippen LogP) is 0.0908. The number of carbonyl (C=O) groups is 1. The van der Waals surface area contributed by atoms with Crippen molar-refractivity contribution in [2.75, 3.05) is 40.4 Å². The van der Waals surface area contributed by atoms with Gasteiger partial charge in [0.15, 0.2) is 0 Å². The van der Waals surface area contributed by atoms with E-state index in [0.717, 1.165) is 19.5 Å². The Morgan fingerprint density at radius 1 is 1.46 bits per heavy atom. The van der Waals surface area contributed by atoms with Crippen LogP contribution in [0, 0.1) is 0 Å². The van der Waals surface area contributed by atoms with E-state index in [-0.39, 0.29) is 12.5 Å². The third-order valence-corrected chi connectivity index (χ3v) is 1.49. The monoisotopic (exact) mass is 188 g/mol. The number of hydrogen-bond donors (Lipinski definition) is 1. The van der Waals surface area contributed by atoms with Gasteiger partial charge < -0.3 is 15.0 Å². The molecule has 13 heavy (non-hydrogen) atoms. The van der Waals surface area contributed by atoms with Crippen molar-refractivity contribution in [2.45, 2.75) is 13.3 Å². The summed E-state index contributed by atoms with van der Waals surface area (Å²) in [5, 5.41) is 2.74. The molecule has 0 saturated heterocycles. The summed E-state index contributed by atoms with van der Waals surface area (Å²) in [6, 6.07) is 0. The van der Waals surface area contributed by atoms with E-state index in [2.05, 4.69) is 5.32 Å². The zero-order chi connectivity index (χ0) is 10.1. The van der Waals surface area contributed by atoms with Crippen LogP contribution in [0.1, 0.15) is 13.3 Å². The molecule has 4 nitrogen and oxygen atoms in total. The van der Waals surface area contributed by atoms with Gasteiger partial charge in [0.1, 0.15) is 6.61 Å². The Balaban J connectivity index is 3.17. The molecule has 0 radical (unpaired) electrons. The van der Waals surface area contributed by atoms with Gasteiger partial charge in [0.05, 0.1) is 6.61 Å². The lowest BCUT2D eigenvalue weighted by molar-refractivity contribution is -0.125. The van der Waals surface area contributed by atoms with Crippen LogP contribution in [0.15, 0.2) is 0 Å². The zero-order valence-electron chi connectivity index (χ0n) is 8.80. The predicted molar refractivity (Wildman–Crippen MR) is 52.7 cm³/mol.